The van der Waals surface area contributed by atoms with Gasteiger partial charge in [-0.15, -0.1) is 0 Å². The normalized spacial score (nSPS) is 14.5. The smallest absolute Gasteiger partial charge is 0.395 e. The Hall–Kier alpha value is -2.04. The van der Waals surface area contributed by atoms with Crippen LogP contribution < -0.4 is 9.84 Å². The van der Waals surface area contributed by atoms with Crippen molar-refractivity contribution in [3.8, 4) is 11.5 Å². The van der Waals surface area contributed by atoms with Crippen LogP contribution in [0.1, 0.15) is 52.7 Å². The third-order valence-corrected chi connectivity index (χ3v) is 5.15. The number of nitrogens with one attached hydrogen (secondary N) is 1. The number of benzene rings is 1. The monoisotopic (exact) mass is 392 g/mol. The summed E-state index contributed by atoms with van der Waals surface area (Å²) in [5.74, 6) is 0.463. The van der Waals surface area contributed by atoms with Crippen molar-refractivity contribution in [1.82, 2.24) is 4.98 Å². The standard InChI is InChI=1S/C20H29N2O4P/c1-19(2,3)16-10-15(11-17(18(16)23)20(4,5)6)26-27(24,25)13-22-14-8-7-9-21-12-14/h7-12,22-23H,13H2,1-6H3,(H,24,25). The Morgan fingerprint density at radius 1 is 1.11 bits per heavy atom. The lowest BCUT2D eigenvalue weighted by molar-refractivity contribution is 0.377. The van der Waals surface area contributed by atoms with E-state index in [2.05, 4.69) is 10.3 Å². The second-order valence-electron chi connectivity index (χ2n) is 8.67. The zero-order chi connectivity index (χ0) is 20.5. The summed E-state index contributed by atoms with van der Waals surface area (Å²) < 4.78 is 18.0. The van der Waals surface area contributed by atoms with Gasteiger partial charge in [0.05, 0.1) is 5.69 Å². The van der Waals surface area contributed by atoms with Gasteiger partial charge in [0.25, 0.3) is 0 Å². The number of phenols is 1. The topological polar surface area (TPSA) is 91.7 Å². The molecule has 0 aliphatic carbocycles. The number of anilines is 1. The maximum Gasteiger partial charge on any atom is 0.395 e. The fourth-order valence-electron chi connectivity index (χ4n) is 2.66. The molecular formula is C20H29N2O4P. The van der Waals surface area contributed by atoms with Gasteiger partial charge in [0.2, 0.25) is 0 Å². The van der Waals surface area contributed by atoms with Gasteiger partial charge < -0.3 is 19.8 Å². The number of aromatic hydroxyl groups is 1. The average Bonchev–Trinajstić information content (AvgIpc) is 2.53. The highest BCUT2D eigenvalue weighted by Gasteiger charge is 2.29. The highest BCUT2D eigenvalue weighted by Crippen LogP contribution is 2.47. The molecule has 7 heteroatoms. The lowest BCUT2D eigenvalue weighted by Gasteiger charge is -2.28. The van der Waals surface area contributed by atoms with Gasteiger partial charge in [-0.05, 0) is 35.1 Å². The van der Waals surface area contributed by atoms with E-state index in [-0.39, 0.29) is 28.6 Å². The molecule has 148 valence electrons. The maximum atomic E-state index is 12.6. The molecule has 0 spiro atoms. The lowest BCUT2D eigenvalue weighted by atomic mass is 9.79. The average molecular weight is 392 g/mol. The van der Waals surface area contributed by atoms with Crippen molar-refractivity contribution in [3.05, 3.63) is 47.8 Å². The first-order valence-corrected chi connectivity index (χ1v) is 10.6. The molecule has 0 bridgehead atoms. The molecule has 0 fully saturated rings. The summed E-state index contributed by atoms with van der Waals surface area (Å²) >= 11 is 0. The molecule has 1 aromatic heterocycles. The predicted molar refractivity (Wildman–Crippen MR) is 109 cm³/mol. The largest absolute Gasteiger partial charge is 0.507 e. The van der Waals surface area contributed by atoms with Crippen molar-refractivity contribution in [2.75, 3.05) is 11.6 Å². The van der Waals surface area contributed by atoms with E-state index in [1.54, 1.807) is 36.7 Å². The van der Waals surface area contributed by atoms with E-state index in [1.807, 2.05) is 41.5 Å². The summed E-state index contributed by atoms with van der Waals surface area (Å²) in [6.45, 7) is 11.8. The Morgan fingerprint density at radius 2 is 1.67 bits per heavy atom. The quantitative estimate of drug-likeness (QED) is 0.619. The fourth-order valence-corrected chi connectivity index (χ4v) is 3.54. The molecule has 6 nitrogen and oxygen atoms in total. The highest BCUT2D eigenvalue weighted by atomic mass is 31.2. The minimum atomic E-state index is -3.96. The van der Waals surface area contributed by atoms with Crippen LogP contribution in [0.2, 0.25) is 0 Å². The first kappa shape index (κ1) is 21.3. The van der Waals surface area contributed by atoms with Crippen LogP contribution in [0.15, 0.2) is 36.7 Å². The molecule has 0 saturated heterocycles. The van der Waals surface area contributed by atoms with Gasteiger partial charge >= 0.3 is 7.60 Å². The van der Waals surface area contributed by atoms with Gasteiger partial charge in [-0.2, -0.15) is 0 Å². The second-order valence-corrected chi connectivity index (χ2v) is 10.4. The second kappa shape index (κ2) is 7.53. The Bertz CT molecular complexity index is 804. The van der Waals surface area contributed by atoms with Crippen molar-refractivity contribution < 1.29 is 19.1 Å². The van der Waals surface area contributed by atoms with Crippen LogP contribution >= 0.6 is 7.60 Å². The lowest BCUT2D eigenvalue weighted by Crippen LogP contribution is -2.17. The molecule has 1 heterocycles. The predicted octanol–water partition coefficient (Wildman–Crippen LogP) is 5.02. The van der Waals surface area contributed by atoms with E-state index in [0.717, 1.165) is 0 Å². The molecule has 2 rings (SSSR count). The molecule has 0 amide bonds. The van der Waals surface area contributed by atoms with E-state index >= 15 is 0 Å². The van der Waals surface area contributed by atoms with Gasteiger partial charge in [-0.25, -0.2) is 4.57 Å². The molecule has 1 unspecified atom stereocenters. The number of rotatable bonds is 5. The number of pyridine rings is 1. The van der Waals surface area contributed by atoms with Gasteiger partial charge in [0, 0.05) is 23.5 Å². The summed E-state index contributed by atoms with van der Waals surface area (Å²) in [4.78, 5) is 14.2. The maximum absolute atomic E-state index is 12.6. The minimum absolute atomic E-state index is 0.198. The third-order valence-electron chi connectivity index (χ3n) is 4.09. The molecule has 3 N–H and O–H groups in total. The van der Waals surface area contributed by atoms with Crippen molar-refractivity contribution in [3.63, 3.8) is 0 Å². The van der Waals surface area contributed by atoms with E-state index in [4.69, 9.17) is 4.52 Å². The van der Waals surface area contributed by atoms with E-state index in [1.165, 1.54) is 0 Å². The summed E-state index contributed by atoms with van der Waals surface area (Å²) in [5, 5.41) is 13.6. The molecule has 0 aliphatic rings. The van der Waals surface area contributed by atoms with Crippen LogP contribution in [0.3, 0.4) is 0 Å². The van der Waals surface area contributed by atoms with Crippen molar-refractivity contribution >= 4 is 13.3 Å². The van der Waals surface area contributed by atoms with Crippen LogP contribution in [-0.4, -0.2) is 21.3 Å². The zero-order valence-electron chi connectivity index (χ0n) is 16.8. The molecule has 1 atom stereocenters. The molecule has 1 aromatic carbocycles. The molecule has 27 heavy (non-hydrogen) atoms. The molecule has 0 aliphatic heterocycles. The van der Waals surface area contributed by atoms with E-state index in [0.29, 0.717) is 16.8 Å². The van der Waals surface area contributed by atoms with Gasteiger partial charge in [-0.1, -0.05) is 41.5 Å². The number of hydrogen-bond acceptors (Lipinski definition) is 5. The van der Waals surface area contributed by atoms with Crippen LogP contribution in [0.5, 0.6) is 11.5 Å². The highest BCUT2D eigenvalue weighted by molar-refractivity contribution is 7.53. The minimum Gasteiger partial charge on any atom is -0.507 e. The van der Waals surface area contributed by atoms with Gasteiger partial charge in [0.1, 0.15) is 17.8 Å². The Balaban J connectivity index is 2.33. The van der Waals surface area contributed by atoms with Gasteiger partial charge in [-0.3, -0.25) is 4.98 Å². The molecule has 0 saturated carbocycles. The Morgan fingerprint density at radius 3 is 2.11 bits per heavy atom. The van der Waals surface area contributed by atoms with E-state index < -0.39 is 7.60 Å². The number of nitrogens with zero attached hydrogens (tertiary/aromatic N) is 1. The van der Waals surface area contributed by atoms with Crippen molar-refractivity contribution in [1.29, 1.82) is 0 Å². The Labute approximate surface area is 161 Å². The summed E-state index contributed by atoms with van der Waals surface area (Å²) in [6.07, 6.45) is 2.93. The number of phenolic OH excluding ortho intramolecular Hbond substituents is 1. The Kier molecular flexibility index (Phi) is 5.93. The van der Waals surface area contributed by atoms with Gasteiger partial charge in [0.15, 0.2) is 0 Å². The first-order chi connectivity index (χ1) is 12.3. The fraction of sp³-hybridized carbons (Fsp3) is 0.450. The van der Waals surface area contributed by atoms with Crippen LogP contribution in [-0.2, 0) is 15.4 Å². The number of hydrogen-bond donors (Lipinski definition) is 3. The summed E-state index contributed by atoms with van der Waals surface area (Å²) in [6, 6.07) is 6.76. The summed E-state index contributed by atoms with van der Waals surface area (Å²) in [5.41, 5.74) is 1.27. The molecule has 2 aromatic rings. The molecule has 0 radical (unpaired) electrons. The van der Waals surface area contributed by atoms with Crippen molar-refractivity contribution in [2.45, 2.75) is 52.4 Å². The number of aromatic nitrogens is 1. The van der Waals surface area contributed by atoms with Crippen LogP contribution in [0, 0.1) is 0 Å². The summed E-state index contributed by atoms with van der Waals surface area (Å²) in [7, 11) is -3.96. The molecular weight excluding hydrogens is 363 g/mol. The van der Waals surface area contributed by atoms with Crippen molar-refractivity contribution in [2.24, 2.45) is 0 Å². The third kappa shape index (κ3) is 5.72. The first-order valence-electron chi connectivity index (χ1n) is 8.83. The van der Waals surface area contributed by atoms with E-state index in [9.17, 15) is 14.6 Å². The SMILES string of the molecule is CC(C)(C)c1cc(OP(=O)(O)CNc2cccnc2)cc(C(C)(C)C)c1O. The zero-order valence-corrected chi connectivity index (χ0v) is 17.7. The van der Waals surface area contributed by atoms with Crippen LogP contribution in [0.25, 0.3) is 0 Å². The van der Waals surface area contributed by atoms with Crippen LogP contribution in [0.4, 0.5) is 5.69 Å².